The molecule has 0 aliphatic heterocycles. The first kappa shape index (κ1) is 12.9. The second kappa shape index (κ2) is 5.49. The van der Waals surface area contributed by atoms with E-state index in [-0.39, 0.29) is 5.84 Å². The van der Waals surface area contributed by atoms with Crippen LogP contribution in [0.1, 0.15) is 30.0 Å². The van der Waals surface area contributed by atoms with Crippen LogP contribution in [0.5, 0.6) is 0 Å². The van der Waals surface area contributed by atoms with Gasteiger partial charge in [0.1, 0.15) is 0 Å². The van der Waals surface area contributed by atoms with Crippen molar-refractivity contribution >= 4 is 17.6 Å². The number of oxime groups is 1. The summed E-state index contributed by atoms with van der Waals surface area (Å²) in [4.78, 5) is 0. The van der Waals surface area contributed by atoms with Gasteiger partial charge in [0, 0.05) is 11.3 Å². The summed E-state index contributed by atoms with van der Waals surface area (Å²) >= 11 is 1.61. The van der Waals surface area contributed by atoms with E-state index >= 15 is 0 Å². The highest BCUT2D eigenvalue weighted by Crippen LogP contribution is 2.36. The highest BCUT2D eigenvalue weighted by Gasteiger charge is 2.27. The maximum atomic E-state index is 8.61. The summed E-state index contributed by atoms with van der Waals surface area (Å²) in [5.74, 6) is 0.894. The molecule has 3 rings (SSSR count). The molecule has 2 aromatic rings. The van der Waals surface area contributed by atoms with Crippen LogP contribution in [0.2, 0.25) is 0 Å². The Bertz CT molecular complexity index is 619. The molecule has 20 heavy (non-hydrogen) atoms. The number of nitrogens with zero attached hydrogens (tertiary/aromatic N) is 5. The van der Waals surface area contributed by atoms with Crippen LogP contribution in [0.15, 0.2) is 34.6 Å². The van der Waals surface area contributed by atoms with E-state index in [4.69, 9.17) is 10.9 Å². The molecule has 0 atom stereocenters. The standard InChI is InChI=1S/C12H14N6OS/c13-11(15-19)9-3-1-8(2-4-9)7-20-12-14-16-17-18(12)10-5-6-10/h1-4,10,19H,5-7H2,(H2,13,15). The Morgan fingerprint density at radius 1 is 1.40 bits per heavy atom. The van der Waals surface area contributed by atoms with Crippen molar-refractivity contribution in [3.63, 3.8) is 0 Å². The molecule has 0 saturated heterocycles. The van der Waals surface area contributed by atoms with Crippen LogP contribution in [-0.2, 0) is 5.75 Å². The van der Waals surface area contributed by atoms with Gasteiger partial charge < -0.3 is 10.9 Å². The van der Waals surface area contributed by atoms with Gasteiger partial charge in [0.2, 0.25) is 5.16 Å². The van der Waals surface area contributed by atoms with Gasteiger partial charge in [-0.3, -0.25) is 0 Å². The lowest BCUT2D eigenvalue weighted by Crippen LogP contribution is -2.12. The SMILES string of the molecule is N/C(=N\O)c1ccc(CSc2nnnn2C2CC2)cc1. The molecule has 0 radical (unpaired) electrons. The zero-order valence-corrected chi connectivity index (χ0v) is 11.5. The number of benzene rings is 1. The Morgan fingerprint density at radius 2 is 2.15 bits per heavy atom. The minimum absolute atomic E-state index is 0.113. The normalized spacial score (nSPS) is 15.5. The fraction of sp³-hybridized carbons (Fsp3) is 0.333. The molecule has 0 spiro atoms. The molecule has 8 heteroatoms. The predicted molar refractivity (Wildman–Crippen MR) is 74.6 cm³/mol. The second-order valence-corrected chi connectivity index (χ2v) is 5.55. The third-order valence-corrected chi connectivity index (χ3v) is 4.09. The van der Waals surface area contributed by atoms with Crippen LogP contribution in [0.25, 0.3) is 0 Å². The minimum Gasteiger partial charge on any atom is -0.409 e. The number of rotatable bonds is 5. The van der Waals surface area contributed by atoms with Crippen molar-refractivity contribution in [1.29, 1.82) is 0 Å². The highest BCUT2D eigenvalue weighted by molar-refractivity contribution is 7.98. The van der Waals surface area contributed by atoms with Gasteiger partial charge in [-0.25, -0.2) is 4.68 Å². The summed E-state index contributed by atoms with van der Waals surface area (Å²) in [6.07, 6.45) is 2.32. The maximum absolute atomic E-state index is 8.61. The molecular formula is C12H14N6OS. The molecule has 7 nitrogen and oxygen atoms in total. The fourth-order valence-corrected chi connectivity index (χ4v) is 2.71. The van der Waals surface area contributed by atoms with E-state index in [1.54, 1.807) is 11.8 Å². The summed E-state index contributed by atoms with van der Waals surface area (Å²) in [7, 11) is 0. The Morgan fingerprint density at radius 3 is 2.80 bits per heavy atom. The summed E-state index contributed by atoms with van der Waals surface area (Å²) < 4.78 is 1.90. The van der Waals surface area contributed by atoms with Gasteiger partial charge in [0.05, 0.1) is 6.04 Å². The van der Waals surface area contributed by atoms with Crippen molar-refractivity contribution in [3.05, 3.63) is 35.4 Å². The quantitative estimate of drug-likeness (QED) is 0.284. The smallest absolute Gasteiger partial charge is 0.209 e. The van der Waals surface area contributed by atoms with Crippen molar-refractivity contribution in [3.8, 4) is 0 Å². The Labute approximate surface area is 119 Å². The number of tetrazole rings is 1. The summed E-state index contributed by atoms with van der Waals surface area (Å²) in [5.41, 5.74) is 7.35. The van der Waals surface area contributed by atoms with E-state index in [0.29, 0.717) is 11.6 Å². The first-order valence-electron chi connectivity index (χ1n) is 6.25. The lowest BCUT2D eigenvalue weighted by molar-refractivity contribution is 0.318. The van der Waals surface area contributed by atoms with Crippen LogP contribution in [0.3, 0.4) is 0 Å². The number of amidine groups is 1. The monoisotopic (exact) mass is 290 g/mol. The maximum Gasteiger partial charge on any atom is 0.209 e. The highest BCUT2D eigenvalue weighted by atomic mass is 32.2. The Hall–Kier alpha value is -2.09. The van der Waals surface area contributed by atoms with E-state index in [9.17, 15) is 0 Å². The third-order valence-electron chi connectivity index (χ3n) is 3.08. The largest absolute Gasteiger partial charge is 0.409 e. The molecule has 1 aliphatic carbocycles. The van der Waals surface area contributed by atoms with E-state index in [0.717, 1.165) is 29.3 Å². The molecule has 1 aliphatic rings. The van der Waals surface area contributed by atoms with E-state index < -0.39 is 0 Å². The van der Waals surface area contributed by atoms with Crippen LogP contribution in [0.4, 0.5) is 0 Å². The van der Waals surface area contributed by atoms with Crippen LogP contribution in [0, 0.1) is 0 Å². The van der Waals surface area contributed by atoms with E-state index in [1.807, 2.05) is 28.9 Å². The first-order chi connectivity index (χ1) is 9.78. The molecule has 1 aromatic heterocycles. The molecule has 1 saturated carbocycles. The van der Waals surface area contributed by atoms with Gasteiger partial charge in [-0.15, -0.1) is 5.10 Å². The van der Waals surface area contributed by atoms with Crippen molar-refractivity contribution in [2.24, 2.45) is 10.9 Å². The van der Waals surface area contributed by atoms with Gasteiger partial charge in [0.15, 0.2) is 5.84 Å². The summed E-state index contributed by atoms with van der Waals surface area (Å²) in [5, 5.41) is 24.2. The van der Waals surface area contributed by atoms with Crippen molar-refractivity contribution in [2.75, 3.05) is 0 Å². The lowest BCUT2D eigenvalue weighted by Gasteiger charge is -2.04. The van der Waals surface area contributed by atoms with E-state index in [1.165, 1.54) is 0 Å². The predicted octanol–water partition coefficient (Wildman–Crippen LogP) is 1.39. The summed E-state index contributed by atoms with van der Waals surface area (Å²) in [6.45, 7) is 0. The Balaban J connectivity index is 1.64. The zero-order valence-electron chi connectivity index (χ0n) is 10.7. The molecule has 3 N–H and O–H groups in total. The topological polar surface area (TPSA) is 102 Å². The number of hydrogen-bond donors (Lipinski definition) is 2. The van der Waals surface area contributed by atoms with Crippen molar-refractivity contribution in [1.82, 2.24) is 20.2 Å². The van der Waals surface area contributed by atoms with Gasteiger partial charge in [-0.1, -0.05) is 41.2 Å². The first-order valence-corrected chi connectivity index (χ1v) is 7.24. The number of aromatic nitrogens is 4. The van der Waals surface area contributed by atoms with Crippen molar-refractivity contribution < 1.29 is 5.21 Å². The van der Waals surface area contributed by atoms with Gasteiger partial charge in [-0.05, 0) is 28.8 Å². The Kier molecular flexibility index (Phi) is 3.55. The molecule has 0 bridgehead atoms. The lowest BCUT2D eigenvalue weighted by atomic mass is 10.1. The minimum atomic E-state index is 0.113. The molecule has 1 fully saturated rings. The molecule has 1 aromatic carbocycles. The number of hydrogen-bond acceptors (Lipinski definition) is 6. The average molecular weight is 290 g/mol. The van der Waals surface area contributed by atoms with Crippen LogP contribution < -0.4 is 5.73 Å². The van der Waals surface area contributed by atoms with E-state index in [2.05, 4.69) is 20.7 Å². The number of thioether (sulfide) groups is 1. The van der Waals surface area contributed by atoms with Gasteiger partial charge in [0.25, 0.3) is 0 Å². The number of nitrogens with two attached hydrogens (primary N) is 1. The van der Waals surface area contributed by atoms with Crippen molar-refractivity contribution in [2.45, 2.75) is 29.8 Å². The molecular weight excluding hydrogens is 276 g/mol. The molecule has 0 amide bonds. The molecule has 104 valence electrons. The molecule has 0 unspecified atom stereocenters. The summed E-state index contributed by atoms with van der Waals surface area (Å²) in [6, 6.07) is 8.04. The van der Waals surface area contributed by atoms with Gasteiger partial charge >= 0.3 is 0 Å². The van der Waals surface area contributed by atoms with Gasteiger partial charge in [-0.2, -0.15) is 0 Å². The van der Waals surface area contributed by atoms with Crippen LogP contribution >= 0.6 is 11.8 Å². The second-order valence-electron chi connectivity index (χ2n) is 4.61. The van der Waals surface area contributed by atoms with Crippen LogP contribution in [-0.4, -0.2) is 31.3 Å². The third kappa shape index (κ3) is 2.74. The fourth-order valence-electron chi connectivity index (χ4n) is 1.81. The zero-order chi connectivity index (χ0) is 13.9. The molecule has 1 heterocycles. The average Bonchev–Trinajstić information content (AvgIpc) is 3.23.